The van der Waals surface area contributed by atoms with Crippen LogP contribution in [0.2, 0.25) is 0 Å². The minimum atomic E-state index is 0.0176. The number of hydrogen-bond donors (Lipinski definition) is 1. The van der Waals surface area contributed by atoms with Gasteiger partial charge in [-0.15, -0.1) is 11.3 Å². The summed E-state index contributed by atoms with van der Waals surface area (Å²) >= 11 is 1.83. The van der Waals surface area contributed by atoms with Gasteiger partial charge in [0.2, 0.25) is 5.95 Å². The largest absolute Gasteiger partial charge is 0.371 e. The van der Waals surface area contributed by atoms with Gasteiger partial charge in [0, 0.05) is 43.3 Å². The summed E-state index contributed by atoms with van der Waals surface area (Å²) in [5.41, 5.74) is 0.0176. The van der Waals surface area contributed by atoms with E-state index in [1.165, 1.54) is 4.88 Å². The summed E-state index contributed by atoms with van der Waals surface area (Å²) in [6.07, 6.45) is 5.68. The molecule has 1 spiro atoms. The van der Waals surface area contributed by atoms with Crippen molar-refractivity contribution in [2.75, 3.05) is 25.0 Å². The Hall–Kier alpha value is -1.50. The van der Waals surface area contributed by atoms with Crippen LogP contribution in [0, 0.1) is 0 Å². The molecule has 116 valence electrons. The molecule has 2 aliphatic heterocycles. The minimum absolute atomic E-state index is 0.0176. The Morgan fingerprint density at radius 3 is 3.09 bits per heavy atom. The first-order chi connectivity index (χ1) is 10.8. The first-order valence-electron chi connectivity index (χ1n) is 7.74. The molecule has 0 aromatic carbocycles. The molecule has 2 aliphatic rings. The predicted octanol–water partition coefficient (Wildman–Crippen LogP) is 2.38. The van der Waals surface area contributed by atoms with Gasteiger partial charge in [-0.05, 0) is 23.9 Å². The monoisotopic (exact) mass is 316 g/mol. The third kappa shape index (κ3) is 2.99. The van der Waals surface area contributed by atoms with Gasteiger partial charge in [0.05, 0.1) is 18.2 Å². The van der Waals surface area contributed by atoms with E-state index in [9.17, 15) is 0 Å². The number of rotatable bonds is 4. The molecule has 4 rings (SSSR count). The molecule has 2 saturated heterocycles. The van der Waals surface area contributed by atoms with Crippen molar-refractivity contribution in [3.8, 4) is 0 Å². The molecule has 2 aromatic heterocycles. The third-order valence-electron chi connectivity index (χ3n) is 4.46. The van der Waals surface area contributed by atoms with Gasteiger partial charge in [-0.3, -0.25) is 4.90 Å². The molecule has 22 heavy (non-hydrogen) atoms. The second-order valence-electron chi connectivity index (χ2n) is 6.15. The van der Waals surface area contributed by atoms with Crippen LogP contribution < -0.4 is 5.32 Å². The molecule has 0 radical (unpaired) electrons. The zero-order valence-electron chi connectivity index (χ0n) is 12.4. The Balaban J connectivity index is 1.34. The molecule has 0 amide bonds. The van der Waals surface area contributed by atoms with Crippen molar-refractivity contribution < 1.29 is 4.74 Å². The lowest BCUT2D eigenvalue weighted by Gasteiger charge is -2.23. The molecule has 0 saturated carbocycles. The molecule has 2 aromatic rings. The van der Waals surface area contributed by atoms with Gasteiger partial charge in [0.25, 0.3) is 0 Å². The molecule has 6 heteroatoms. The highest BCUT2D eigenvalue weighted by Gasteiger charge is 2.45. The van der Waals surface area contributed by atoms with E-state index < -0.39 is 0 Å². The zero-order valence-corrected chi connectivity index (χ0v) is 13.3. The molecule has 0 aliphatic carbocycles. The number of aromatic nitrogens is 2. The molecule has 1 N–H and O–H groups in total. The van der Waals surface area contributed by atoms with Gasteiger partial charge in [-0.25, -0.2) is 9.97 Å². The molecular formula is C16H20N4OS. The molecule has 2 fully saturated rings. The second-order valence-corrected chi connectivity index (χ2v) is 7.18. The lowest BCUT2D eigenvalue weighted by atomic mass is 9.97. The molecule has 5 nitrogen and oxygen atoms in total. The van der Waals surface area contributed by atoms with Gasteiger partial charge >= 0.3 is 0 Å². The normalized spacial score (nSPS) is 28.5. The zero-order chi connectivity index (χ0) is 14.8. The Labute approximate surface area is 134 Å². The van der Waals surface area contributed by atoms with Crippen molar-refractivity contribution in [1.29, 1.82) is 0 Å². The number of ether oxygens (including phenoxy) is 1. The fourth-order valence-electron chi connectivity index (χ4n) is 3.46. The second kappa shape index (κ2) is 5.95. The molecule has 4 heterocycles. The van der Waals surface area contributed by atoms with Crippen LogP contribution in [0.25, 0.3) is 0 Å². The van der Waals surface area contributed by atoms with E-state index in [0.29, 0.717) is 12.0 Å². The van der Waals surface area contributed by atoms with E-state index in [-0.39, 0.29) is 5.60 Å². The number of nitrogens with zero attached hydrogens (tertiary/aromatic N) is 3. The summed E-state index contributed by atoms with van der Waals surface area (Å²) in [7, 11) is 0. The maximum atomic E-state index is 6.18. The predicted molar refractivity (Wildman–Crippen MR) is 87.0 cm³/mol. The Bertz CT molecular complexity index is 606. The van der Waals surface area contributed by atoms with Crippen LogP contribution in [-0.2, 0) is 11.3 Å². The first-order valence-corrected chi connectivity index (χ1v) is 8.62. The lowest BCUT2D eigenvalue weighted by Crippen LogP contribution is -2.33. The van der Waals surface area contributed by atoms with Crippen molar-refractivity contribution in [3.63, 3.8) is 0 Å². The summed E-state index contributed by atoms with van der Waals surface area (Å²) in [5, 5.41) is 5.53. The van der Waals surface area contributed by atoms with Crippen molar-refractivity contribution in [3.05, 3.63) is 40.8 Å². The van der Waals surface area contributed by atoms with E-state index in [2.05, 4.69) is 37.7 Å². The van der Waals surface area contributed by atoms with Gasteiger partial charge in [0.1, 0.15) is 0 Å². The summed E-state index contributed by atoms with van der Waals surface area (Å²) in [4.78, 5) is 12.4. The van der Waals surface area contributed by atoms with Gasteiger partial charge < -0.3 is 10.1 Å². The summed E-state index contributed by atoms with van der Waals surface area (Å²) < 4.78 is 6.18. The van der Waals surface area contributed by atoms with E-state index in [1.807, 2.05) is 17.4 Å². The van der Waals surface area contributed by atoms with Crippen molar-refractivity contribution in [2.24, 2.45) is 0 Å². The first kappa shape index (κ1) is 14.1. The van der Waals surface area contributed by atoms with E-state index in [4.69, 9.17) is 4.74 Å². The Morgan fingerprint density at radius 1 is 1.36 bits per heavy atom. The average Bonchev–Trinajstić information content (AvgIpc) is 3.25. The van der Waals surface area contributed by atoms with E-state index in [0.717, 1.165) is 39.1 Å². The smallest absolute Gasteiger partial charge is 0.222 e. The summed E-state index contributed by atoms with van der Waals surface area (Å²) in [5.74, 6) is 0.696. The Kier molecular flexibility index (Phi) is 3.82. The van der Waals surface area contributed by atoms with Crippen LogP contribution in [0.15, 0.2) is 36.0 Å². The van der Waals surface area contributed by atoms with E-state index in [1.54, 1.807) is 12.4 Å². The van der Waals surface area contributed by atoms with Crippen molar-refractivity contribution >= 4 is 17.3 Å². The van der Waals surface area contributed by atoms with Crippen LogP contribution in [0.4, 0.5) is 5.95 Å². The Morgan fingerprint density at radius 2 is 2.27 bits per heavy atom. The topological polar surface area (TPSA) is 50.3 Å². The maximum absolute atomic E-state index is 6.18. The minimum Gasteiger partial charge on any atom is -0.371 e. The number of thiophene rings is 1. The summed E-state index contributed by atoms with van der Waals surface area (Å²) in [6, 6.07) is 6.47. The van der Waals surface area contributed by atoms with E-state index >= 15 is 0 Å². The highest BCUT2D eigenvalue weighted by molar-refractivity contribution is 7.09. The van der Waals surface area contributed by atoms with Crippen LogP contribution >= 0.6 is 11.3 Å². The van der Waals surface area contributed by atoms with Crippen molar-refractivity contribution in [2.45, 2.75) is 31.0 Å². The van der Waals surface area contributed by atoms with Crippen molar-refractivity contribution in [1.82, 2.24) is 14.9 Å². The van der Waals surface area contributed by atoms with Crippen LogP contribution in [0.5, 0.6) is 0 Å². The number of likely N-dealkylation sites (tertiary alicyclic amines) is 1. The molecule has 0 bridgehead atoms. The summed E-state index contributed by atoms with van der Waals surface area (Å²) in [6.45, 7) is 3.93. The standard InChI is InChI=1S/C16H20N4OS/c1-3-14(22-8-1)10-20-7-4-16(12-20)9-13(11-21-16)19-15-17-5-2-6-18-15/h1-3,5-6,8,13H,4,7,9-12H2,(H,17,18,19)/t13-,16-/m0/s1. The van der Waals surface area contributed by atoms with Crippen LogP contribution in [-0.4, -0.2) is 46.2 Å². The fraction of sp³-hybridized carbons (Fsp3) is 0.500. The van der Waals surface area contributed by atoms with Crippen LogP contribution in [0.1, 0.15) is 17.7 Å². The maximum Gasteiger partial charge on any atom is 0.222 e. The molecule has 2 atom stereocenters. The van der Waals surface area contributed by atoms with Gasteiger partial charge in [0.15, 0.2) is 0 Å². The van der Waals surface area contributed by atoms with Crippen LogP contribution in [0.3, 0.4) is 0 Å². The molecule has 0 unspecified atom stereocenters. The number of hydrogen-bond acceptors (Lipinski definition) is 6. The number of nitrogens with one attached hydrogen (secondary N) is 1. The average molecular weight is 316 g/mol. The third-order valence-corrected chi connectivity index (χ3v) is 5.32. The highest BCUT2D eigenvalue weighted by Crippen LogP contribution is 2.36. The van der Waals surface area contributed by atoms with Gasteiger partial charge in [-0.1, -0.05) is 6.07 Å². The molecular weight excluding hydrogens is 296 g/mol. The fourth-order valence-corrected chi connectivity index (χ4v) is 4.21. The highest BCUT2D eigenvalue weighted by atomic mass is 32.1. The quantitative estimate of drug-likeness (QED) is 0.938. The lowest BCUT2D eigenvalue weighted by molar-refractivity contribution is 0.0120. The van der Waals surface area contributed by atoms with Gasteiger partial charge in [-0.2, -0.15) is 0 Å². The SMILES string of the molecule is c1cnc(N[C@@H]2CO[C@@]3(CCN(Cc4cccs4)C3)C2)nc1. The number of anilines is 1.